The Morgan fingerprint density at radius 1 is 1.10 bits per heavy atom. The topological polar surface area (TPSA) is 92.8 Å². The van der Waals surface area contributed by atoms with Crippen molar-refractivity contribution in [1.82, 2.24) is 4.31 Å². The zero-order chi connectivity index (χ0) is 21.0. The summed E-state index contributed by atoms with van der Waals surface area (Å²) in [7, 11) is -3.53. The van der Waals surface area contributed by atoms with E-state index in [1.807, 2.05) is 0 Å². The molecular formula is C21H30N2O5S. The summed E-state index contributed by atoms with van der Waals surface area (Å²) in [6, 6.07) is 5.99. The molecule has 2 fully saturated rings. The number of benzene rings is 1. The Bertz CT molecular complexity index is 833. The molecule has 3 rings (SSSR count). The van der Waals surface area contributed by atoms with Gasteiger partial charge in [0.15, 0.2) is 6.61 Å². The van der Waals surface area contributed by atoms with Gasteiger partial charge in [-0.1, -0.05) is 20.3 Å². The van der Waals surface area contributed by atoms with Crippen LogP contribution in [-0.2, 0) is 24.3 Å². The number of ether oxygens (including phenoxy) is 1. The number of amides is 1. The molecule has 7 nitrogen and oxygen atoms in total. The van der Waals surface area contributed by atoms with Crippen molar-refractivity contribution in [3.63, 3.8) is 0 Å². The zero-order valence-electron chi connectivity index (χ0n) is 17.1. The number of anilines is 1. The molecule has 8 heteroatoms. The van der Waals surface area contributed by atoms with Gasteiger partial charge < -0.3 is 10.1 Å². The second-order valence-electron chi connectivity index (χ2n) is 7.96. The summed E-state index contributed by atoms with van der Waals surface area (Å²) in [5, 5.41) is 2.63. The molecule has 1 aromatic carbocycles. The molecule has 1 amide bonds. The molecule has 160 valence electrons. The second kappa shape index (κ2) is 9.26. The van der Waals surface area contributed by atoms with E-state index in [4.69, 9.17) is 4.74 Å². The summed E-state index contributed by atoms with van der Waals surface area (Å²) < 4.78 is 31.5. The lowest BCUT2D eigenvalue weighted by atomic mass is 9.86. The van der Waals surface area contributed by atoms with Crippen molar-refractivity contribution in [1.29, 1.82) is 0 Å². The largest absolute Gasteiger partial charge is 0.456 e. The van der Waals surface area contributed by atoms with E-state index >= 15 is 0 Å². The van der Waals surface area contributed by atoms with Crippen molar-refractivity contribution >= 4 is 27.6 Å². The van der Waals surface area contributed by atoms with Gasteiger partial charge in [0.1, 0.15) is 0 Å². The molecule has 0 aromatic heterocycles. The van der Waals surface area contributed by atoms with Gasteiger partial charge in [-0.2, -0.15) is 4.31 Å². The maximum Gasteiger partial charge on any atom is 0.306 e. The zero-order valence-corrected chi connectivity index (χ0v) is 17.9. The van der Waals surface area contributed by atoms with Crippen LogP contribution in [0.4, 0.5) is 5.69 Å². The number of carbonyl (C=O) groups excluding carboxylic acids is 2. The quantitative estimate of drug-likeness (QED) is 0.618. The van der Waals surface area contributed by atoms with Crippen LogP contribution in [0.3, 0.4) is 0 Å². The highest BCUT2D eigenvalue weighted by molar-refractivity contribution is 7.89. The Kier molecular flexibility index (Phi) is 6.95. The van der Waals surface area contributed by atoms with E-state index in [2.05, 4.69) is 5.32 Å². The first-order chi connectivity index (χ1) is 13.8. The molecule has 1 aromatic rings. The fourth-order valence-electron chi connectivity index (χ4n) is 4.67. The van der Waals surface area contributed by atoms with E-state index in [0.717, 1.165) is 12.3 Å². The molecule has 1 N–H and O–H groups in total. The van der Waals surface area contributed by atoms with Gasteiger partial charge >= 0.3 is 5.97 Å². The van der Waals surface area contributed by atoms with Crippen LogP contribution in [0, 0.1) is 17.8 Å². The average molecular weight is 423 g/mol. The highest BCUT2D eigenvalue weighted by atomic mass is 32.2. The summed E-state index contributed by atoms with van der Waals surface area (Å²) in [6.07, 6.45) is 5.23. The first-order valence-electron chi connectivity index (χ1n) is 10.4. The minimum absolute atomic E-state index is 0.177. The predicted molar refractivity (Wildman–Crippen MR) is 110 cm³/mol. The lowest BCUT2D eigenvalue weighted by Gasteiger charge is -2.20. The molecule has 0 unspecified atom stereocenters. The SMILES string of the molecule is CCN(CC)S(=O)(=O)c1ccc(NC(=O)COC(=O)C[C@@H]2C[C@H]3CC[C@@H]2C3)cc1. The van der Waals surface area contributed by atoms with Gasteiger partial charge in [0, 0.05) is 25.2 Å². The Labute approximate surface area is 172 Å². The second-order valence-corrected chi connectivity index (χ2v) is 9.90. The molecule has 2 bridgehead atoms. The number of nitrogens with zero attached hydrogens (tertiary/aromatic N) is 1. The molecule has 0 heterocycles. The average Bonchev–Trinajstić information content (AvgIpc) is 3.31. The Morgan fingerprint density at radius 2 is 1.79 bits per heavy atom. The van der Waals surface area contributed by atoms with Crippen LogP contribution in [-0.4, -0.2) is 44.3 Å². The van der Waals surface area contributed by atoms with E-state index in [0.29, 0.717) is 37.0 Å². The fourth-order valence-corrected chi connectivity index (χ4v) is 6.12. The first-order valence-corrected chi connectivity index (χ1v) is 11.8. The van der Waals surface area contributed by atoms with Gasteiger partial charge in [-0.25, -0.2) is 8.42 Å². The molecule has 0 radical (unpaired) electrons. The Hall–Kier alpha value is -1.93. The summed E-state index contributed by atoms with van der Waals surface area (Å²) >= 11 is 0. The number of esters is 1. The van der Waals surface area contributed by atoms with Gasteiger partial charge in [0.05, 0.1) is 4.90 Å². The minimum atomic E-state index is -3.53. The summed E-state index contributed by atoms with van der Waals surface area (Å²) in [5.41, 5.74) is 0.456. The van der Waals surface area contributed by atoms with Crippen molar-refractivity contribution in [3.8, 4) is 0 Å². The third-order valence-corrected chi connectivity index (χ3v) is 8.22. The summed E-state index contributed by atoms with van der Waals surface area (Å²) in [4.78, 5) is 24.3. The van der Waals surface area contributed by atoms with Gasteiger partial charge in [-0.05, 0) is 61.3 Å². The van der Waals surface area contributed by atoms with E-state index in [-0.39, 0.29) is 17.5 Å². The normalized spacial score (nSPS) is 23.3. The van der Waals surface area contributed by atoms with Gasteiger partial charge in [0.2, 0.25) is 10.0 Å². The van der Waals surface area contributed by atoms with Crippen molar-refractivity contribution < 1.29 is 22.7 Å². The summed E-state index contributed by atoms with van der Waals surface area (Å²) in [5.74, 6) is 1.07. The lowest BCUT2D eigenvalue weighted by Crippen LogP contribution is -2.30. The Morgan fingerprint density at radius 3 is 2.34 bits per heavy atom. The number of hydrogen-bond acceptors (Lipinski definition) is 5. The van der Waals surface area contributed by atoms with E-state index in [1.54, 1.807) is 13.8 Å². The number of carbonyl (C=O) groups is 2. The monoisotopic (exact) mass is 422 g/mol. The van der Waals surface area contributed by atoms with E-state index in [1.165, 1.54) is 47.8 Å². The Balaban J connectivity index is 1.46. The molecular weight excluding hydrogens is 392 g/mol. The lowest BCUT2D eigenvalue weighted by molar-refractivity contribution is -0.148. The number of hydrogen-bond donors (Lipinski definition) is 1. The molecule has 3 atom stereocenters. The van der Waals surface area contributed by atoms with E-state index < -0.39 is 15.9 Å². The van der Waals surface area contributed by atoms with Crippen molar-refractivity contribution in [2.24, 2.45) is 17.8 Å². The van der Waals surface area contributed by atoms with Crippen LogP contribution in [0.15, 0.2) is 29.2 Å². The number of nitrogens with one attached hydrogen (secondary N) is 1. The van der Waals surface area contributed by atoms with Crippen molar-refractivity contribution in [2.45, 2.75) is 50.8 Å². The van der Waals surface area contributed by atoms with Gasteiger partial charge in [0.25, 0.3) is 5.91 Å². The molecule has 2 aliphatic rings. The van der Waals surface area contributed by atoms with Crippen LogP contribution >= 0.6 is 0 Å². The van der Waals surface area contributed by atoms with Crippen LogP contribution in [0.5, 0.6) is 0 Å². The summed E-state index contributed by atoms with van der Waals surface area (Å²) in [6.45, 7) is 4.03. The highest BCUT2D eigenvalue weighted by Crippen LogP contribution is 2.49. The molecule has 2 aliphatic carbocycles. The third kappa shape index (κ3) is 5.17. The van der Waals surface area contributed by atoms with Crippen molar-refractivity contribution in [3.05, 3.63) is 24.3 Å². The van der Waals surface area contributed by atoms with Crippen LogP contribution in [0.1, 0.15) is 46.0 Å². The van der Waals surface area contributed by atoms with Crippen molar-refractivity contribution in [2.75, 3.05) is 25.0 Å². The molecule has 0 aliphatic heterocycles. The smallest absolute Gasteiger partial charge is 0.306 e. The van der Waals surface area contributed by atoms with Crippen LogP contribution in [0.2, 0.25) is 0 Å². The van der Waals surface area contributed by atoms with Crippen LogP contribution in [0.25, 0.3) is 0 Å². The molecule has 2 saturated carbocycles. The fraction of sp³-hybridized carbons (Fsp3) is 0.619. The number of sulfonamides is 1. The maximum atomic E-state index is 12.5. The molecule has 0 saturated heterocycles. The maximum absolute atomic E-state index is 12.5. The van der Waals surface area contributed by atoms with E-state index in [9.17, 15) is 18.0 Å². The standard InChI is InChI=1S/C21H30N2O5S/c1-3-23(4-2)29(26,27)19-9-7-18(8-10-19)22-20(24)14-28-21(25)13-17-12-15-5-6-16(17)11-15/h7-10,15-17H,3-6,11-14H2,1-2H3,(H,22,24)/t15-,16+,17-/m0/s1. The third-order valence-electron chi connectivity index (χ3n) is 6.16. The van der Waals surface area contributed by atoms with Crippen LogP contribution < -0.4 is 5.32 Å². The predicted octanol–water partition coefficient (Wildman–Crippen LogP) is 3.03. The van der Waals surface area contributed by atoms with Gasteiger partial charge in [-0.15, -0.1) is 0 Å². The highest BCUT2D eigenvalue weighted by Gasteiger charge is 2.40. The molecule has 29 heavy (non-hydrogen) atoms. The molecule has 0 spiro atoms. The minimum Gasteiger partial charge on any atom is -0.456 e. The number of rotatable bonds is 9. The first kappa shape index (κ1) is 21.8. The number of fused-ring (bicyclic) bond motifs is 2. The van der Waals surface area contributed by atoms with Gasteiger partial charge in [-0.3, -0.25) is 9.59 Å².